The third-order valence-electron chi connectivity index (χ3n) is 3.55. The van der Waals surface area contributed by atoms with E-state index in [9.17, 15) is 13.0 Å². The maximum Gasteiger partial charge on any atom is 0.294 e. The van der Waals surface area contributed by atoms with Gasteiger partial charge in [0.1, 0.15) is 0 Å². The molecule has 0 aromatic heterocycles. The Morgan fingerprint density at radius 3 is 2.21 bits per heavy atom. The standard InChI is InChI=1S/C14H23NO3S/c1-5-14(15(6-2)7-3)13-10-12(19(16,17)18)9-8-11(13)4/h8-10,14H,5-7H2,1-4H3,(H,16,17,18). The van der Waals surface area contributed by atoms with E-state index in [-0.39, 0.29) is 10.9 Å². The van der Waals surface area contributed by atoms with E-state index in [0.717, 1.165) is 30.6 Å². The lowest BCUT2D eigenvalue weighted by Crippen LogP contribution is -2.28. The summed E-state index contributed by atoms with van der Waals surface area (Å²) in [6.45, 7) is 10.1. The Bertz CT molecular complexity index is 521. The van der Waals surface area contributed by atoms with Crippen LogP contribution in [0.5, 0.6) is 0 Å². The van der Waals surface area contributed by atoms with E-state index in [1.807, 2.05) is 6.92 Å². The molecule has 108 valence electrons. The summed E-state index contributed by atoms with van der Waals surface area (Å²) in [5, 5.41) is 0. The van der Waals surface area contributed by atoms with Crippen molar-refractivity contribution >= 4 is 10.1 Å². The first-order valence-corrected chi connectivity index (χ1v) is 8.11. The lowest BCUT2D eigenvalue weighted by Gasteiger charge is -2.30. The van der Waals surface area contributed by atoms with Gasteiger partial charge in [-0.15, -0.1) is 0 Å². The molecule has 1 aromatic carbocycles. The third kappa shape index (κ3) is 3.78. The van der Waals surface area contributed by atoms with Crippen molar-refractivity contribution in [3.05, 3.63) is 29.3 Å². The minimum absolute atomic E-state index is 0.0290. The summed E-state index contributed by atoms with van der Waals surface area (Å²) in [4.78, 5) is 2.26. The largest absolute Gasteiger partial charge is 0.297 e. The summed E-state index contributed by atoms with van der Waals surface area (Å²) in [6.07, 6.45) is 0.900. The second-order valence-corrected chi connectivity index (χ2v) is 6.06. The molecule has 1 unspecified atom stereocenters. The minimum atomic E-state index is -4.14. The highest BCUT2D eigenvalue weighted by Gasteiger charge is 2.20. The molecule has 0 saturated heterocycles. The Morgan fingerprint density at radius 1 is 1.21 bits per heavy atom. The van der Waals surface area contributed by atoms with Gasteiger partial charge in [0.25, 0.3) is 10.1 Å². The van der Waals surface area contributed by atoms with Crippen LogP contribution in [0.4, 0.5) is 0 Å². The van der Waals surface area contributed by atoms with Crippen molar-refractivity contribution in [2.75, 3.05) is 13.1 Å². The first-order chi connectivity index (χ1) is 8.85. The molecule has 4 nitrogen and oxygen atoms in total. The lowest BCUT2D eigenvalue weighted by molar-refractivity contribution is 0.212. The molecule has 0 aliphatic carbocycles. The van der Waals surface area contributed by atoms with E-state index in [1.54, 1.807) is 12.1 Å². The predicted octanol–water partition coefficient (Wildman–Crippen LogP) is 3.03. The molecule has 1 rings (SSSR count). The van der Waals surface area contributed by atoms with Crippen LogP contribution in [0.3, 0.4) is 0 Å². The molecule has 0 fully saturated rings. The molecule has 0 spiro atoms. The van der Waals surface area contributed by atoms with Gasteiger partial charge in [0.2, 0.25) is 0 Å². The first kappa shape index (κ1) is 16.1. The van der Waals surface area contributed by atoms with E-state index in [2.05, 4.69) is 25.7 Å². The van der Waals surface area contributed by atoms with Crippen LogP contribution in [0.25, 0.3) is 0 Å². The van der Waals surface area contributed by atoms with Gasteiger partial charge in [-0.1, -0.05) is 26.8 Å². The zero-order valence-corrected chi connectivity index (χ0v) is 12.9. The van der Waals surface area contributed by atoms with Crippen LogP contribution in [0, 0.1) is 6.92 Å². The summed E-state index contributed by atoms with van der Waals surface area (Å²) >= 11 is 0. The molecule has 1 atom stereocenters. The van der Waals surface area contributed by atoms with Crippen LogP contribution >= 0.6 is 0 Å². The van der Waals surface area contributed by atoms with Gasteiger partial charge < -0.3 is 0 Å². The van der Waals surface area contributed by atoms with Crippen molar-refractivity contribution in [3.8, 4) is 0 Å². The maximum absolute atomic E-state index is 11.3. The van der Waals surface area contributed by atoms with E-state index < -0.39 is 10.1 Å². The monoisotopic (exact) mass is 285 g/mol. The fourth-order valence-electron chi connectivity index (χ4n) is 2.48. The van der Waals surface area contributed by atoms with E-state index in [4.69, 9.17) is 0 Å². The summed E-state index contributed by atoms with van der Waals surface area (Å²) in [7, 11) is -4.14. The molecule has 19 heavy (non-hydrogen) atoms. The number of rotatable bonds is 6. The average molecular weight is 285 g/mol. The van der Waals surface area contributed by atoms with Gasteiger partial charge in [-0.3, -0.25) is 9.45 Å². The zero-order valence-electron chi connectivity index (χ0n) is 12.0. The fourth-order valence-corrected chi connectivity index (χ4v) is 2.99. The molecule has 0 bridgehead atoms. The van der Waals surface area contributed by atoms with E-state index in [1.165, 1.54) is 6.07 Å². The van der Waals surface area contributed by atoms with Gasteiger partial charge in [-0.2, -0.15) is 8.42 Å². The highest BCUT2D eigenvalue weighted by Crippen LogP contribution is 2.28. The number of nitrogens with zero attached hydrogens (tertiary/aromatic N) is 1. The molecule has 0 heterocycles. The predicted molar refractivity (Wildman–Crippen MR) is 76.9 cm³/mol. The molecule has 0 amide bonds. The van der Waals surface area contributed by atoms with Crippen molar-refractivity contribution in [3.63, 3.8) is 0 Å². The number of benzene rings is 1. The van der Waals surface area contributed by atoms with Gasteiger partial charge in [0, 0.05) is 6.04 Å². The van der Waals surface area contributed by atoms with Crippen LogP contribution in [-0.4, -0.2) is 31.0 Å². The SMILES string of the molecule is CCC(c1cc(S(=O)(=O)O)ccc1C)N(CC)CC. The Labute approximate surface area is 116 Å². The molecular formula is C14H23NO3S. The van der Waals surface area contributed by atoms with Crippen LogP contribution < -0.4 is 0 Å². The molecular weight excluding hydrogens is 262 g/mol. The zero-order chi connectivity index (χ0) is 14.6. The summed E-state index contributed by atoms with van der Waals surface area (Å²) < 4.78 is 31.7. The Hall–Kier alpha value is -0.910. The maximum atomic E-state index is 11.3. The van der Waals surface area contributed by atoms with Gasteiger partial charge in [-0.05, 0) is 49.7 Å². The normalized spacial score (nSPS) is 13.8. The van der Waals surface area contributed by atoms with E-state index in [0.29, 0.717) is 0 Å². The smallest absolute Gasteiger partial charge is 0.294 e. The van der Waals surface area contributed by atoms with Crippen molar-refractivity contribution in [1.29, 1.82) is 0 Å². The molecule has 1 aromatic rings. The Morgan fingerprint density at radius 2 is 1.79 bits per heavy atom. The Balaban J connectivity index is 3.31. The molecule has 5 heteroatoms. The van der Waals surface area contributed by atoms with Crippen LogP contribution in [0.15, 0.2) is 23.1 Å². The first-order valence-electron chi connectivity index (χ1n) is 6.67. The molecule has 0 aliphatic rings. The van der Waals surface area contributed by atoms with Crippen molar-refractivity contribution in [1.82, 2.24) is 4.90 Å². The van der Waals surface area contributed by atoms with Crippen molar-refractivity contribution in [2.24, 2.45) is 0 Å². The lowest BCUT2D eigenvalue weighted by atomic mass is 9.98. The molecule has 1 N–H and O–H groups in total. The number of hydrogen-bond acceptors (Lipinski definition) is 3. The third-order valence-corrected chi connectivity index (χ3v) is 4.40. The second kappa shape index (κ2) is 6.50. The van der Waals surface area contributed by atoms with Gasteiger partial charge in [0.15, 0.2) is 0 Å². The summed E-state index contributed by atoms with van der Waals surface area (Å²) in [6, 6.07) is 4.97. The van der Waals surface area contributed by atoms with Crippen LogP contribution in [0.1, 0.15) is 44.4 Å². The fraction of sp³-hybridized carbons (Fsp3) is 0.571. The quantitative estimate of drug-likeness (QED) is 0.816. The number of aryl methyl sites for hydroxylation is 1. The van der Waals surface area contributed by atoms with Crippen LogP contribution in [0.2, 0.25) is 0 Å². The van der Waals surface area contributed by atoms with Crippen molar-refractivity contribution < 1.29 is 13.0 Å². The summed E-state index contributed by atoms with van der Waals surface area (Å²) in [5.74, 6) is 0. The second-order valence-electron chi connectivity index (χ2n) is 4.64. The van der Waals surface area contributed by atoms with Gasteiger partial charge >= 0.3 is 0 Å². The molecule has 0 aliphatic heterocycles. The minimum Gasteiger partial charge on any atom is -0.297 e. The molecule has 0 saturated carbocycles. The Kier molecular flexibility index (Phi) is 5.52. The highest BCUT2D eigenvalue weighted by molar-refractivity contribution is 7.85. The van der Waals surface area contributed by atoms with E-state index >= 15 is 0 Å². The van der Waals surface area contributed by atoms with Gasteiger partial charge in [0.05, 0.1) is 4.90 Å². The number of hydrogen-bond donors (Lipinski definition) is 1. The van der Waals surface area contributed by atoms with Crippen molar-refractivity contribution in [2.45, 2.75) is 45.1 Å². The molecule has 0 radical (unpaired) electrons. The van der Waals surface area contributed by atoms with Gasteiger partial charge in [-0.25, -0.2) is 0 Å². The topological polar surface area (TPSA) is 57.6 Å². The summed E-state index contributed by atoms with van der Waals surface area (Å²) in [5.41, 5.74) is 2.02. The van der Waals surface area contributed by atoms with Crippen LogP contribution in [-0.2, 0) is 10.1 Å². The highest BCUT2D eigenvalue weighted by atomic mass is 32.2. The average Bonchev–Trinajstić information content (AvgIpc) is 2.35.